The molecule has 0 bridgehead atoms. The number of fused-ring (bicyclic) bond motifs is 1. The van der Waals surface area contributed by atoms with Gasteiger partial charge >= 0.3 is 12.0 Å². The van der Waals surface area contributed by atoms with Gasteiger partial charge in [-0.2, -0.15) is 0 Å². The molecule has 0 saturated carbocycles. The highest BCUT2D eigenvalue weighted by Crippen LogP contribution is 2.19. The molecule has 1 aromatic carbocycles. The van der Waals surface area contributed by atoms with Gasteiger partial charge in [-0.05, 0) is 11.6 Å². The molecular weight excluding hydrogens is 330 g/mol. The van der Waals surface area contributed by atoms with Crippen molar-refractivity contribution in [2.45, 2.75) is 6.42 Å². The van der Waals surface area contributed by atoms with Gasteiger partial charge < -0.3 is 10.1 Å². The summed E-state index contributed by atoms with van der Waals surface area (Å²) >= 11 is 0. The van der Waals surface area contributed by atoms with Gasteiger partial charge in [0.1, 0.15) is 6.54 Å². The molecule has 0 aromatic heterocycles. The maximum Gasteiger partial charge on any atom is 0.326 e. The van der Waals surface area contributed by atoms with E-state index in [2.05, 4.69) is 5.32 Å². The van der Waals surface area contributed by atoms with Crippen LogP contribution in [0.3, 0.4) is 0 Å². The van der Waals surface area contributed by atoms with Crippen molar-refractivity contribution in [3.8, 4) is 0 Å². The Labute approximate surface area is 142 Å². The van der Waals surface area contributed by atoms with Gasteiger partial charge in [0.15, 0.2) is 6.61 Å². The molecule has 2 heterocycles. The highest BCUT2D eigenvalue weighted by molar-refractivity contribution is 6.11. The van der Waals surface area contributed by atoms with Crippen LogP contribution < -0.4 is 5.32 Å². The first-order valence-corrected chi connectivity index (χ1v) is 7.64. The van der Waals surface area contributed by atoms with Crippen molar-refractivity contribution in [2.75, 3.05) is 26.2 Å². The summed E-state index contributed by atoms with van der Waals surface area (Å²) in [5.74, 6) is -2.64. The van der Waals surface area contributed by atoms with E-state index in [9.17, 15) is 24.0 Å². The van der Waals surface area contributed by atoms with Gasteiger partial charge in [0, 0.05) is 18.7 Å². The van der Waals surface area contributed by atoms with Gasteiger partial charge in [-0.15, -0.1) is 0 Å². The summed E-state index contributed by atoms with van der Waals surface area (Å²) < 4.78 is 4.80. The van der Waals surface area contributed by atoms with Crippen LogP contribution >= 0.6 is 0 Å². The lowest BCUT2D eigenvalue weighted by molar-refractivity contribution is -0.152. The molecule has 25 heavy (non-hydrogen) atoms. The largest absolute Gasteiger partial charge is 0.454 e. The van der Waals surface area contributed by atoms with Crippen LogP contribution in [0, 0.1) is 0 Å². The second kappa shape index (κ2) is 6.71. The minimum Gasteiger partial charge on any atom is -0.454 e. The quantitative estimate of drug-likeness (QED) is 0.571. The summed E-state index contributed by atoms with van der Waals surface area (Å²) in [6, 6.07) is 6.11. The average Bonchev–Trinajstić information content (AvgIpc) is 3.02. The van der Waals surface area contributed by atoms with Crippen LogP contribution in [-0.2, 0) is 25.5 Å². The Kier molecular flexibility index (Phi) is 4.46. The molecule has 1 saturated heterocycles. The number of carbonyl (C=O) groups excluding carboxylic acids is 5. The lowest BCUT2D eigenvalue weighted by atomic mass is 9.98. The van der Waals surface area contributed by atoms with E-state index in [0.29, 0.717) is 17.7 Å². The number of ether oxygens (including phenoxy) is 1. The molecule has 0 unspecified atom stereocenters. The number of nitrogens with one attached hydrogen (secondary N) is 1. The molecule has 1 aromatic rings. The predicted molar refractivity (Wildman–Crippen MR) is 82.3 cm³/mol. The van der Waals surface area contributed by atoms with Gasteiger partial charge in [-0.3, -0.25) is 29.0 Å². The zero-order valence-corrected chi connectivity index (χ0v) is 13.2. The van der Waals surface area contributed by atoms with Crippen molar-refractivity contribution in [3.05, 3.63) is 35.4 Å². The number of benzene rings is 1. The van der Waals surface area contributed by atoms with E-state index in [0.717, 1.165) is 9.80 Å². The van der Waals surface area contributed by atoms with E-state index >= 15 is 0 Å². The third-order valence-electron chi connectivity index (χ3n) is 3.94. The average molecular weight is 345 g/mol. The van der Waals surface area contributed by atoms with Crippen LogP contribution in [0.5, 0.6) is 0 Å². The number of urea groups is 1. The van der Waals surface area contributed by atoms with Crippen molar-refractivity contribution >= 4 is 29.7 Å². The fraction of sp³-hybridized carbons (Fsp3) is 0.312. The molecule has 9 nitrogen and oxygen atoms in total. The summed E-state index contributed by atoms with van der Waals surface area (Å²) in [5, 5.41) is 2.45. The molecule has 0 aliphatic carbocycles. The molecule has 2 aliphatic rings. The third kappa shape index (κ3) is 3.35. The van der Waals surface area contributed by atoms with Gasteiger partial charge in [0.25, 0.3) is 11.8 Å². The Bertz CT molecular complexity index is 775. The Morgan fingerprint density at radius 2 is 1.92 bits per heavy atom. The number of rotatable bonds is 4. The Morgan fingerprint density at radius 3 is 2.64 bits per heavy atom. The molecule has 1 fully saturated rings. The second-order valence-electron chi connectivity index (χ2n) is 5.56. The Morgan fingerprint density at radius 1 is 1.16 bits per heavy atom. The van der Waals surface area contributed by atoms with Crippen LogP contribution in [0.2, 0.25) is 0 Å². The van der Waals surface area contributed by atoms with E-state index in [4.69, 9.17) is 4.74 Å². The van der Waals surface area contributed by atoms with Gasteiger partial charge in [-0.25, -0.2) is 4.79 Å². The maximum absolute atomic E-state index is 12.3. The van der Waals surface area contributed by atoms with Crippen molar-refractivity contribution < 1.29 is 28.7 Å². The molecule has 1 N–H and O–H groups in total. The highest BCUT2D eigenvalue weighted by atomic mass is 16.5. The SMILES string of the molecule is O=C(CN1C(=O)Cc2ccccc2C1=O)OCC(=O)N1CCNC1=O. The number of imide groups is 2. The molecule has 3 rings (SSSR count). The number of hydrogen-bond donors (Lipinski definition) is 1. The van der Waals surface area contributed by atoms with Crippen LogP contribution in [0.25, 0.3) is 0 Å². The number of amides is 5. The Balaban J connectivity index is 1.58. The molecule has 130 valence electrons. The fourth-order valence-electron chi connectivity index (χ4n) is 2.66. The molecule has 9 heteroatoms. The Hall–Kier alpha value is -3.23. The minimum absolute atomic E-state index is 0.0159. The number of nitrogens with zero attached hydrogens (tertiary/aromatic N) is 2. The second-order valence-corrected chi connectivity index (χ2v) is 5.56. The molecule has 0 spiro atoms. The summed E-state index contributed by atoms with van der Waals surface area (Å²) in [4.78, 5) is 61.1. The van der Waals surface area contributed by atoms with Crippen molar-refractivity contribution in [3.63, 3.8) is 0 Å². The summed E-state index contributed by atoms with van der Waals surface area (Å²) in [5.41, 5.74) is 0.969. The van der Waals surface area contributed by atoms with E-state index in [1.807, 2.05) is 0 Å². The zero-order chi connectivity index (χ0) is 18.0. The first kappa shape index (κ1) is 16.6. The van der Waals surface area contributed by atoms with Crippen molar-refractivity contribution in [1.29, 1.82) is 0 Å². The zero-order valence-electron chi connectivity index (χ0n) is 13.2. The molecule has 0 radical (unpaired) electrons. The van der Waals surface area contributed by atoms with Crippen LogP contribution in [-0.4, -0.2) is 65.8 Å². The van der Waals surface area contributed by atoms with Crippen molar-refractivity contribution in [2.24, 2.45) is 0 Å². The number of hydrogen-bond acceptors (Lipinski definition) is 6. The van der Waals surface area contributed by atoms with Crippen LogP contribution in [0.15, 0.2) is 24.3 Å². The van der Waals surface area contributed by atoms with Gasteiger partial charge in [-0.1, -0.05) is 18.2 Å². The lowest BCUT2D eigenvalue weighted by Gasteiger charge is -2.25. The maximum atomic E-state index is 12.3. The van der Waals surface area contributed by atoms with Gasteiger partial charge in [0.05, 0.1) is 6.42 Å². The number of carbonyl (C=O) groups is 5. The summed E-state index contributed by atoms with van der Waals surface area (Å²) in [6.07, 6.45) is 0.0159. The normalized spacial score (nSPS) is 16.6. The monoisotopic (exact) mass is 345 g/mol. The van der Waals surface area contributed by atoms with E-state index in [1.165, 1.54) is 0 Å². The summed E-state index contributed by atoms with van der Waals surface area (Å²) in [6.45, 7) is -0.658. The molecular formula is C16H15N3O6. The molecule has 5 amide bonds. The van der Waals surface area contributed by atoms with Gasteiger partial charge in [0.2, 0.25) is 5.91 Å². The highest BCUT2D eigenvalue weighted by Gasteiger charge is 2.33. The third-order valence-corrected chi connectivity index (χ3v) is 3.94. The number of esters is 1. The molecule has 0 atom stereocenters. The summed E-state index contributed by atoms with van der Waals surface area (Å²) in [7, 11) is 0. The molecule has 2 aliphatic heterocycles. The van der Waals surface area contributed by atoms with E-state index in [1.54, 1.807) is 24.3 Å². The topological polar surface area (TPSA) is 113 Å². The first-order chi connectivity index (χ1) is 12.0. The van der Waals surface area contributed by atoms with E-state index in [-0.39, 0.29) is 13.0 Å². The van der Waals surface area contributed by atoms with Crippen molar-refractivity contribution in [1.82, 2.24) is 15.1 Å². The standard InChI is InChI=1S/C16H15N3O6/c20-12-7-10-3-1-2-4-11(10)15(23)19(12)8-14(22)25-9-13(21)18-6-5-17-16(18)24/h1-4H,5-9H2,(H,17,24). The fourth-order valence-corrected chi connectivity index (χ4v) is 2.66. The lowest BCUT2D eigenvalue weighted by Crippen LogP contribution is -2.46. The predicted octanol–water partition coefficient (Wildman–Crippen LogP) is -0.693. The van der Waals surface area contributed by atoms with E-state index < -0.39 is 42.9 Å². The minimum atomic E-state index is -0.894. The first-order valence-electron chi connectivity index (χ1n) is 7.64. The van der Waals surface area contributed by atoms with Crippen LogP contribution in [0.4, 0.5) is 4.79 Å². The van der Waals surface area contributed by atoms with Crippen LogP contribution in [0.1, 0.15) is 15.9 Å². The smallest absolute Gasteiger partial charge is 0.326 e.